The molecular formula is C8H7N7S. The van der Waals surface area contributed by atoms with Gasteiger partial charge in [-0.15, -0.1) is 10.2 Å². The van der Waals surface area contributed by atoms with Crippen molar-refractivity contribution < 1.29 is 0 Å². The molecule has 0 radical (unpaired) electrons. The quantitative estimate of drug-likeness (QED) is 0.734. The van der Waals surface area contributed by atoms with Gasteiger partial charge in [0.15, 0.2) is 5.69 Å². The molecule has 0 atom stereocenters. The summed E-state index contributed by atoms with van der Waals surface area (Å²) in [7, 11) is 0. The SMILES string of the molecule is Cc1nnc(Sc2nccnc2C#N)n1N. The Labute approximate surface area is 95.3 Å². The zero-order valence-corrected chi connectivity index (χ0v) is 9.14. The summed E-state index contributed by atoms with van der Waals surface area (Å²) in [6.07, 6.45) is 2.97. The molecule has 16 heavy (non-hydrogen) atoms. The minimum absolute atomic E-state index is 0.244. The summed E-state index contributed by atoms with van der Waals surface area (Å²) in [4.78, 5) is 7.92. The van der Waals surface area contributed by atoms with Gasteiger partial charge >= 0.3 is 0 Å². The van der Waals surface area contributed by atoms with Crippen molar-refractivity contribution in [1.29, 1.82) is 5.26 Å². The molecule has 0 spiro atoms. The minimum atomic E-state index is 0.244. The molecule has 0 saturated heterocycles. The molecule has 2 heterocycles. The van der Waals surface area contributed by atoms with Gasteiger partial charge in [0.2, 0.25) is 5.16 Å². The first-order chi connectivity index (χ1) is 7.72. The fraction of sp³-hybridized carbons (Fsp3) is 0.125. The Kier molecular flexibility index (Phi) is 2.70. The zero-order valence-electron chi connectivity index (χ0n) is 8.32. The highest BCUT2D eigenvalue weighted by molar-refractivity contribution is 7.99. The van der Waals surface area contributed by atoms with Gasteiger partial charge in [0.1, 0.15) is 16.9 Å². The molecular weight excluding hydrogens is 226 g/mol. The number of nitriles is 1. The van der Waals surface area contributed by atoms with Gasteiger partial charge in [-0.25, -0.2) is 14.6 Å². The highest BCUT2D eigenvalue weighted by atomic mass is 32.2. The van der Waals surface area contributed by atoms with E-state index in [-0.39, 0.29) is 5.69 Å². The van der Waals surface area contributed by atoms with Crippen LogP contribution in [0, 0.1) is 18.3 Å². The zero-order chi connectivity index (χ0) is 11.5. The lowest BCUT2D eigenvalue weighted by molar-refractivity contribution is 0.822. The molecule has 0 aliphatic heterocycles. The lowest BCUT2D eigenvalue weighted by Crippen LogP contribution is -2.11. The molecule has 80 valence electrons. The molecule has 0 unspecified atom stereocenters. The minimum Gasteiger partial charge on any atom is -0.336 e. The van der Waals surface area contributed by atoms with Crippen LogP contribution in [0.1, 0.15) is 11.5 Å². The van der Waals surface area contributed by atoms with Gasteiger partial charge in [-0.05, 0) is 18.7 Å². The average molecular weight is 233 g/mol. The molecule has 2 aromatic heterocycles. The van der Waals surface area contributed by atoms with Crippen LogP contribution >= 0.6 is 11.8 Å². The van der Waals surface area contributed by atoms with Crippen LogP contribution in [0.3, 0.4) is 0 Å². The van der Waals surface area contributed by atoms with Crippen molar-refractivity contribution in [1.82, 2.24) is 24.8 Å². The number of hydrogen-bond acceptors (Lipinski definition) is 7. The summed E-state index contributed by atoms with van der Waals surface area (Å²) in [6.45, 7) is 1.74. The second kappa shape index (κ2) is 4.16. The largest absolute Gasteiger partial charge is 0.336 e. The third-order valence-electron chi connectivity index (χ3n) is 1.79. The third kappa shape index (κ3) is 1.80. The molecule has 0 aliphatic rings. The van der Waals surface area contributed by atoms with Crippen LogP contribution in [0.2, 0.25) is 0 Å². The van der Waals surface area contributed by atoms with E-state index in [9.17, 15) is 0 Å². The van der Waals surface area contributed by atoms with E-state index >= 15 is 0 Å². The van der Waals surface area contributed by atoms with Gasteiger partial charge in [0.05, 0.1) is 0 Å². The summed E-state index contributed by atoms with van der Waals surface area (Å²) < 4.78 is 1.33. The van der Waals surface area contributed by atoms with Crippen LogP contribution in [-0.2, 0) is 0 Å². The first kappa shape index (κ1) is 10.4. The molecule has 8 heteroatoms. The maximum atomic E-state index is 8.83. The maximum absolute atomic E-state index is 8.83. The predicted molar refractivity (Wildman–Crippen MR) is 55.8 cm³/mol. The summed E-state index contributed by atoms with van der Waals surface area (Å²) in [5.41, 5.74) is 0.244. The van der Waals surface area contributed by atoms with Gasteiger partial charge in [-0.1, -0.05) is 0 Å². The van der Waals surface area contributed by atoms with E-state index in [0.717, 1.165) is 11.8 Å². The highest BCUT2D eigenvalue weighted by Crippen LogP contribution is 2.24. The second-order valence-electron chi connectivity index (χ2n) is 2.82. The molecule has 2 rings (SSSR count). The third-order valence-corrected chi connectivity index (χ3v) is 2.75. The predicted octanol–water partition coefficient (Wildman–Crippen LogP) is 0.113. The summed E-state index contributed by atoms with van der Waals surface area (Å²) in [6, 6.07) is 1.95. The Bertz CT molecular complexity index is 556. The van der Waals surface area contributed by atoms with E-state index in [1.165, 1.54) is 17.1 Å². The van der Waals surface area contributed by atoms with Crippen molar-refractivity contribution in [2.24, 2.45) is 0 Å². The van der Waals surface area contributed by atoms with Crippen LogP contribution in [0.4, 0.5) is 0 Å². The smallest absolute Gasteiger partial charge is 0.216 e. The fourth-order valence-corrected chi connectivity index (χ4v) is 1.78. The molecule has 0 aliphatic carbocycles. The van der Waals surface area contributed by atoms with E-state index in [2.05, 4.69) is 20.2 Å². The number of rotatable bonds is 2. The molecule has 2 N–H and O–H groups in total. The first-order valence-corrected chi connectivity index (χ1v) is 5.10. The molecule has 0 amide bonds. The Morgan fingerprint density at radius 3 is 2.75 bits per heavy atom. The Hall–Kier alpha value is -2.14. The molecule has 0 bridgehead atoms. The summed E-state index contributed by atoms with van der Waals surface area (Å²) in [5, 5.41) is 17.4. The number of nitrogens with zero attached hydrogens (tertiary/aromatic N) is 6. The average Bonchev–Trinajstić information content (AvgIpc) is 2.62. The van der Waals surface area contributed by atoms with E-state index in [0.29, 0.717) is 16.0 Å². The molecule has 7 nitrogen and oxygen atoms in total. The fourth-order valence-electron chi connectivity index (χ4n) is 0.983. The van der Waals surface area contributed by atoms with Crippen LogP contribution in [-0.4, -0.2) is 24.8 Å². The normalized spacial score (nSPS) is 10.0. The van der Waals surface area contributed by atoms with E-state index in [4.69, 9.17) is 11.1 Å². The van der Waals surface area contributed by atoms with Gasteiger partial charge < -0.3 is 5.84 Å². The van der Waals surface area contributed by atoms with Crippen molar-refractivity contribution in [3.8, 4) is 6.07 Å². The Morgan fingerprint density at radius 2 is 2.12 bits per heavy atom. The topological polar surface area (TPSA) is 106 Å². The van der Waals surface area contributed by atoms with E-state index in [1.54, 1.807) is 6.92 Å². The molecule has 2 aromatic rings. The van der Waals surface area contributed by atoms with Crippen molar-refractivity contribution in [3.63, 3.8) is 0 Å². The van der Waals surface area contributed by atoms with Crippen molar-refractivity contribution in [2.75, 3.05) is 5.84 Å². The van der Waals surface area contributed by atoms with Crippen molar-refractivity contribution >= 4 is 11.8 Å². The van der Waals surface area contributed by atoms with Crippen molar-refractivity contribution in [2.45, 2.75) is 17.1 Å². The first-order valence-electron chi connectivity index (χ1n) is 4.28. The number of aryl methyl sites for hydroxylation is 1. The van der Waals surface area contributed by atoms with Crippen LogP contribution < -0.4 is 5.84 Å². The van der Waals surface area contributed by atoms with Gasteiger partial charge in [-0.2, -0.15) is 5.26 Å². The number of aromatic nitrogens is 5. The lowest BCUT2D eigenvalue weighted by Gasteiger charge is -2.00. The van der Waals surface area contributed by atoms with Crippen LogP contribution in [0.25, 0.3) is 0 Å². The summed E-state index contributed by atoms with van der Waals surface area (Å²) >= 11 is 1.15. The molecule has 0 aromatic carbocycles. The Morgan fingerprint density at radius 1 is 1.38 bits per heavy atom. The lowest BCUT2D eigenvalue weighted by atomic mass is 10.5. The van der Waals surface area contributed by atoms with Crippen LogP contribution in [0.5, 0.6) is 0 Å². The highest BCUT2D eigenvalue weighted by Gasteiger charge is 2.12. The standard InChI is InChI=1S/C8H7N7S/c1-5-13-14-8(15(5)10)16-7-6(4-9)11-2-3-12-7/h2-3H,10H2,1H3. The molecule has 0 fully saturated rings. The van der Waals surface area contributed by atoms with Gasteiger partial charge in [0, 0.05) is 12.4 Å². The van der Waals surface area contributed by atoms with Gasteiger partial charge in [-0.3, -0.25) is 0 Å². The summed E-state index contributed by atoms with van der Waals surface area (Å²) in [5.74, 6) is 6.27. The van der Waals surface area contributed by atoms with E-state index < -0.39 is 0 Å². The van der Waals surface area contributed by atoms with Crippen molar-refractivity contribution in [3.05, 3.63) is 23.9 Å². The van der Waals surface area contributed by atoms with Gasteiger partial charge in [0.25, 0.3) is 0 Å². The molecule has 0 saturated carbocycles. The number of nitrogen functional groups attached to an aromatic ring is 1. The second-order valence-corrected chi connectivity index (χ2v) is 3.78. The monoisotopic (exact) mass is 233 g/mol. The van der Waals surface area contributed by atoms with Crippen LogP contribution in [0.15, 0.2) is 22.6 Å². The number of hydrogen-bond donors (Lipinski definition) is 1. The number of nitrogens with two attached hydrogens (primary N) is 1. The maximum Gasteiger partial charge on any atom is 0.216 e. The van der Waals surface area contributed by atoms with E-state index in [1.807, 2.05) is 6.07 Å². The Balaban J connectivity index is 2.35.